The molecule has 0 aliphatic carbocycles. The van der Waals surface area contributed by atoms with Crippen LogP contribution in [-0.2, 0) is 7.05 Å². The minimum Gasteiger partial charge on any atom is -0.337 e. The first-order valence-electron chi connectivity index (χ1n) is 2.86. The van der Waals surface area contributed by atoms with Crippen LogP contribution in [0.3, 0.4) is 0 Å². The third-order valence-electron chi connectivity index (χ3n) is 1.46. The van der Waals surface area contributed by atoms with E-state index in [0.29, 0.717) is 0 Å². The number of hydrogen-bond donors (Lipinski definition) is 0. The quantitative estimate of drug-likeness (QED) is 0.550. The largest absolute Gasteiger partial charge is 0.337 e. The highest BCUT2D eigenvalue weighted by Crippen LogP contribution is 2.03. The predicted molar refractivity (Wildman–Crippen MR) is 38.0 cm³/mol. The Morgan fingerprint density at radius 3 is 2.67 bits per heavy atom. The molecule has 0 unspecified atom stereocenters. The lowest BCUT2D eigenvalue weighted by molar-refractivity contribution is 0.873. The van der Waals surface area contributed by atoms with E-state index in [4.69, 9.17) is 0 Å². The number of nitrogens with zero attached hydrogens (tertiary/aromatic N) is 2. The van der Waals surface area contributed by atoms with Crippen LogP contribution in [0, 0.1) is 6.92 Å². The average Bonchev–Trinajstić information content (AvgIpc) is 2.15. The fraction of sp³-hybridized carbons (Fsp3) is 0.286. The maximum absolute atomic E-state index is 4.08. The highest BCUT2D eigenvalue weighted by atomic mass is 15.0. The molecule has 1 rings (SSSR count). The summed E-state index contributed by atoms with van der Waals surface area (Å²) < 4.78 is 1.97. The van der Waals surface area contributed by atoms with Crippen LogP contribution in [-0.4, -0.2) is 9.55 Å². The molecule has 9 heavy (non-hydrogen) atoms. The monoisotopic (exact) mass is 122 g/mol. The molecule has 0 aliphatic heterocycles. The van der Waals surface area contributed by atoms with Crippen LogP contribution >= 0.6 is 0 Å². The Morgan fingerprint density at radius 1 is 1.78 bits per heavy atom. The van der Waals surface area contributed by atoms with E-state index in [-0.39, 0.29) is 0 Å². The van der Waals surface area contributed by atoms with Gasteiger partial charge in [-0.1, -0.05) is 6.58 Å². The van der Waals surface area contributed by atoms with Crippen molar-refractivity contribution >= 4 is 6.08 Å². The van der Waals surface area contributed by atoms with Crippen LogP contribution in [0.5, 0.6) is 0 Å². The van der Waals surface area contributed by atoms with Crippen LogP contribution in [0.2, 0.25) is 0 Å². The molecule has 0 amide bonds. The maximum Gasteiger partial charge on any atom is 0.0953 e. The van der Waals surface area contributed by atoms with E-state index < -0.39 is 0 Å². The van der Waals surface area contributed by atoms with E-state index in [1.807, 2.05) is 18.5 Å². The molecule has 0 aromatic carbocycles. The number of hydrogen-bond acceptors (Lipinski definition) is 1. The molecule has 0 bridgehead atoms. The van der Waals surface area contributed by atoms with Gasteiger partial charge in [0.1, 0.15) is 0 Å². The van der Waals surface area contributed by atoms with E-state index in [9.17, 15) is 0 Å². The lowest BCUT2D eigenvalue weighted by Gasteiger charge is -1.91. The van der Waals surface area contributed by atoms with Crippen LogP contribution in [0.1, 0.15) is 11.4 Å². The van der Waals surface area contributed by atoms with Gasteiger partial charge in [0.05, 0.1) is 12.0 Å². The zero-order valence-electron chi connectivity index (χ0n) is 5.76. The Kier molecular flexibility index (Phi) is 1.39. The molecule has 0 aliphatic rings. The summed E-state index contributed by atoms with van der Waals surface area (Å²) in [6.45, 7) is 5.65. The number of imidazole rings is 1. The van der Waals surface area contributed by atoms with Crippen LogP contribution in [0.25, 0.3) is 6.08 Å². The van der Waals surface area contributed by atoms with Gasteiger partial charge in [-0.05, 0) is 13.0 Å². The summed E-state index contributed by atoms with van der Waals surface area (Å²) >= 11 is 0. The molecular weight excluding hydrogens is 112 g/mol. The van der Waals surface area contributed by atoms with E-state index in [0.717, 1.165) is 11.4 Å². The standard InChI is InChI=1S/C7H10N2/c1-4-7-6(2)9(3)5-8-7/h4-5H,1H2,2-3H3. The van der Waals surface area contributed by atoms with Gasteiger partial charge in [-0.3, -0.25) is 0 Å². The molecule has 0 spiro atoms. The van der Waals surface area contributed by atoms with Crippen molar-refractivity contribution in [3.8, 4) is 0 Å². The summed E-state index contributed by atoms with van der Waals surface area (Å²) in [5.41, 5.74) is 2.13. The minimum atomic E-state index is 0.970. The smallest absolute Gasteiger partial charge is 0.0953 e. The molecule has 0 fully saturated rings. The van der Waals surface area contributed by atoms with Crippen molar-refractivity contribution in [3.63, 3.8) is 0 Å². The average molecular weight is 122 g/mol. The second-order valence-corrected chi connectivity index (χ2v) is 2.03. The van der Waals surface area contributed by atoms with Crippen molar-refractivity contribution in [3.05, 3.63) is 24.3 Å². The third kappa shape index (κ3) is 0.875. The normalized spacial score (nSPS) is 9.56. The summed E-state index contributed by atoms with van der Waals surface area (Å²) in [5.74, 6) is 0. The lowest BCUT2D eigenvalue weighted by atomic mass is 10.3. The SMILES string of the molecule is C=Cc1ncn(C)c1C. The summed E-state index contributed by atoms with van der Waals surface area (Å²) in [4.78, 5) is 4.08. The van der Waals surface area contributed by atoms with Gasteiger partial charge in [-0.25, -0.2) is 4.98 Å². The van der Waals surface area contributed by atoms with E-state index in [2.05, 4.69) is 11.6 Å². The zero-order valence-corrected chi connectivity index (χ0v) is 5.76. The molecule has 0 atom stereocenters. The molecule has 1 aromatic rings. The van der Waals surface area contributed by atoms with Gasteiger partial charge < -0.3 is 4.57 Å². The van der Waals surface area contributed by atoms with Gasteiger partial charge in [-0.15, -0.1) is 0 Å². The van der Waals surface area contributed by atoms with Crippen LogP contribution in [0.15, 0.2) is 12.9 Å². The second-order valence-electron chi connectivity index (χ2n) is 2.03. The summed E-state index contributed by atoms with van der Waals surface area (Å²) in [6.07, 6.45) is 3.54. The fourth-order valence-corrected chi connectivity index (χ4v) is 0.710. The Labute approximate surface area is 54.8 Å². The molecule has 2 nitrogen and oxygen atoms in total. The third-order valence-corrected chi connectivity index (χ3v) is 1.46. The molecule has 48 valence electrons. The van der Waals surface area contributed by atoms with Gasteiger partial charge >= 0.3 is 0 Å². The Balaban J connectivity index is 3.18. The number of aryl methyl sites for hydroxylation is 1. The first kappa shape index (κ1) is 6.08. The Morgan fingerprint density at radius 2 is 2.44 bits per heavy atom. The number of rotatable bonds is 1. The fourth-order valence-electron chi connectivity index (χ4n) is 0.710. The summed E-state index contributed by atoms with van der Waals surface area (Å²) in [6, 6.07) is 0. The van der Waals surface area contributed by atoms with E-state index in [1.165, 1.54) is 0 Å². The van der Waals surface area contributed by atoms with Crippen molar-refractivity contribution in [1.82, 2.24) is 9.55 Å². The summed E-state index contributed by atoms with van der Waals surface area (Å²) in [5, 5.41) is 0. The molecule has 0 saturated carbocycles. The van der Waals surface area contributed by atoms with E-state index >= 15 is 0 Å². The van der Waals surface area contributed by atoms with Crippen molar-refractivity contribution < 1.29 is 0 Å². The predicted octanol–water partition coefficient (Wildman–Crippen LogP) is 1.37. The Hall–Kier alpha value is -1.05. The molecule has 0 saturated heterocycles. The molecule has 1 heterocycles. The van der Waals surface area contributed by atoms with Crippen molar-refractivity contribution in [2.24, 2.45) is 7.05 Å². The van der Waals surface area contributed by atoms with Gasteiger partial charge in [0.25, 0.3) is 0 Å². The zero-order chi connectivity index (χ0) is 6.85. The Bertz CT molecular complexity index is 223. The van der Waals surface area contributed by atoms with Crippen LogP contribution < -0.4 is 0 Å². The van der Waals surface area contributed by atoms with Crippen LogP contribution in [0.4, 0.5) is 0 Å². The highest BCUT2D eigenvalue weighted by Gasteiger charge is 1.96. The molecular formula is C7H10N2. The van der Waals surface area contributed by atoms with Crippen molar-refractivity contribution in [2.75, 3.05) is 0 Å². The van der Waals surface area contributed by atoms with Gasteiger partial charge in [0.2, 0.25) is 0 Å². The first-order chi connectivity index (χ1) is 4.25. The summed E-state index contributed by atoms with van der Waals surface area (Å²) in [7, 11) is 1.97. The number of aromatic nitrogens is 2. The van der Waals surface area contributed by atoms with Gasteiger partial charge in [-0.2, -0.15) is 0 Å². The lowest BCUT2D eigenvalue weighted by Crippen LogP contribution is -1.87. The van der Waals surface area contributed by atoms with Gasteiger partial charge in [0, 0.05) is 12.7 Å². The second kappa shape index (κ2) is 2.05. The first-order valence-corrected chi connectivity index (χ1v) is 2.86. The molecule has 0 radical (unpaired) electrons. The van der Waals surface area contributed by atoms with Crippen molar-refractivity contribution in [1.29, 1.82) is 0 Å². The van der Waals surface area contributed by atoms with Gasteiger partial charge in [0.15, 0.2) is 0 Å². The molecule has 1 aromatic heterocycles. The highest BCUT2D eigenvalue weighted by molar-refractivity contribution is 5.44. The minimum absolute atomic E-state index is 0.970. The molecule has 2 heteroatoms. The molecule has 0 N–H and O–H groups in total. The van der Waals surface area contributed by atoms with E-state index in [1.54, 1.807) is 12.4 Å². The maximum atomic E-state index is 4.08. The van der Waals surface area contributed by atoms with Crippen molar-refractivity contribution in [2.45, 2.75) is 6.92 Å². The topological polar surface area (TPSA) is 17.8 Å².